The van der Waals surface area contributed by atoms with E-state index in [0.717, 1.165) is 17.8 Å². The molecule has 0 aromatic rings. The van der Waals surface area contributed by atoms with E-state index in [2.05, 4.69) is 46.8 Å². The van der Waals surface area contributed by atoms with Crippen LogP contribution in [0.15, 0.2) is 23.3 Å². The Bertz CT molecular complexity index is 308. The number of rotatable bonds is 0. The molecule has 0 bridgehead atoms. The van der Waals surface area contributed by atoms with Crippen molar-refractivity contribution in [3.8, 4) is 0 Å². The molecule has 0 nitrogen and oxygen atoms in total. The van der Waals surface area contributed by atoms with Crippen LogP contribution in [0.1, 0.15) is 41.0 Å². The fourth-order valence-corrected chi connectivity index (χ4v) is 3.49. The van der Waals surface area contributed by atoms with Crippen molar-refractivity contribution in [3.63, 3.8) is 0 Å². The van der Waals surface area contributed by atoms with Gasteiger partial charge in [0.1, 0.15) is 0 Å². The normalized spacial score (nSPS) is 47.1. The van der Waals surface area contributed by atoms with E-state index in [1.165, 1.54) is 12.0 Å². The third-order valence-corrected chi connectivity index (χ3v) is 5.17. The lowest BCUT2D eigenvalue weighted by Crippen LogP contribution is -2.31. The molecule has 1 saturated carbocycles. The van der Waals surface area contributed by atoms with Crippen LogP contribution < -0.4 is 0 Å². The van der Waals surface area contributed by atoms with Gasteiger partial charge in [0, 0.05) is 0 Å². The maximum absolute atomic E-state index is 2.47. The lowest BCUT2D eigenvalue weighted by Gasteiger charge is -2.39. The summed E-state index contributed by atoms with van der Waals surface area (Å²) in [6, 6.07) is 0. The van der Waals surface area contributed by atoms with Gasteiger partial charge in [-0.3, -0.25) is 0 Å². The number of hydrogen-bond acceptors (Lipinski definition) is 0. The second kappa shape index (κ2) is 2.98. The summed E-state index contributed by atoms with van der Waals surface area (Å²) in [4.78, 5) is 0. The third kappa shape index (κ3) is 1.06. The molecule has 2 aliphatic carbocycles. The summed E-state index contributed by atoms with van der Waals surface area (Å²) < 4.78 is 0. The van der Waals surface area contributed by atoms with Gasteiger partial charge in [-0.1, -0.05) is 44.1 Å². The van der Waals surface area contributed by atoms with Crippen LogP contribution in [-0.2, 0) is 0 Å². The fraction of sp³-hybridized carbons (Fsp3) is 0.714. The standard InChI is InChI=1S/C14H22/c1-9-6-7-13-8-10(2)12(4)14(13,5)11(9)3/h6-7,10,12-13H,8H2,1-5H3. The summed E-state index contributed by atoms with van der Waals surface area (Å²) in [6.07, 6.45) is 6.15. The quantitative estimate of drug-likeness (QED) is 0.537. The summed E-state index contributed by atoms with van der Waals surface area (Å²) in [6.45, 7) is 11.9. The van der Waals surface area contributed by atoms with E-state index in [9.17, 15) is 0 Å². The molecule has 4 atom stereocenters. The summed E-state index contributed by atoms with van der Waals surface area (Å²) in [5.41, 5.74) is 3.56. The molecule has 4 unspecified atom stereocenters. The van der Waals surface area contributed by atoms with Crippen LogP contribution in [0.2, 0.25) is 0 Å². The molecule has 0 heterocycles. The lowest BCUT2D eigenvalue weighted by atomic mass is 9.65. The Morgan fingerprint density at radius 1 is 1.29 bits per heavy atom. The zero-order valence-corrected chi connectivity index (χ0v) is 10.1. The van der Waals surface area contributed by atoms with Crippen LogP contribution in [0, 0.1) is 23.2 Å². The SMILES string of the molecule is CC1=C(C)C2(C)C(C=C1)CC(C)C2C. The summed E-state index contributed by atoms with van der Waals surface area (Å²) in [5.74, 6) is 2.49. The predicted molar refractivity (Wildman–Crippen MR) is 62.1 cm³/mol. The molecule has 2 aliphatic rings. The fourth-order valence-electron chi connectivity index (χ4n) is 3.49. The maximum atomic E-state index is 2.47. The first kappa shape index (κ1) is 10.0. The molecule has 1 fully saturated rings. The average Bonchev–Trinajstić information content (AvgIpc) is 2.38. The molecule has 0 aliphatic heterocycles. The first-order valence-electron chi connectivity index (χ1n) is 5.84. The van der Waals surface area contributed by atoms with Gasteiger partial charge in [-0.05, 0) is 43.4 Å². The first-order chi connectivity index (χ1) is 6.48. The summed E-state index contributed by atoms with van der Waals surface area (Å²) in [5, 5.41) is 0. The Balaban J connectivity index is 2.48. The van der Waals surface area contributed by atoms with Crippen LogP contribution in [0.3, 0.4) is 0 Å². The Kier molecular flexibility index (Phi) is 2.13. The monoisotopic (exact) mass is 190 g/mol. The highest BCUT2D eigenvalue weighted by atomic mass is 14.5. The van der Waals surface area contributed by atoms with Crippen molar-refractivity contribution in [2.45, 2.75) is 41.0 Å². The van der Waals surface area contributed by atoms with Crippen molar-refractivity contribution in [2.75, 3.05) is 0 Å². The highest BCUT2D eigenvalue weighted by Crippen LogP contribution is 2.57. The highest BCUT2D eigenvalue weighted by molar-refractivity contribution is 5.36. The van der Waals surface area contributed by atoms with Gasteiger partial charge in [0.05, 0.1) is 0 Å². The zero-order valence-electron chi connectivity index (χ0n) is 10.1. The molecule has 2 rings (SSSR count). The summed E-state index contributed by atoms with van der Waals surface area (Å²) in [7, 11) is 0. The van der Waals surface area contributed by atoms with E-state index in [4.69, 9.17) is 0 Å². The molecule has 0 spiro atoms. The Labute approximate surface area is 88.1 Å². The Morgan fingerprint density at radius 3 is 2.57 bits per heavy atom. The number of hydrogen-bond donors (Lipinski definition) is 0. The predicted octanol–water partition coefficient (Wildman–Crippen LogP) is 4.19. The highest BCUT2D eigenvalue weighted by Gasteiger charge is 2.49. The molecule has 0 saturated heterocycles. The van der Waals surface area contributed by atoms with Crippen molar-refractivity contribution >= 4 is 0 Å². The van der Waals surface area contributed by atoms with E-state index < -0.39 is 0 Å². The van der Waals surface area contributed by atoms with Gasteiger partial charge in [-0.25, -0.2) is 0 Å². The molecule has 0 aromatic heterocycles. The third-order valence-electron chi connectivity index (χ3n) is 5.17. The molecule has 0 aromatic carbocycles. The van der Waals surface area contributed by atoms with Gasteiger partial charge < -0.3 is 0 Å². The van der Waals surface area contributed by atoms with Crippen molar-refractivity contribution in [3.05, 3.63) is 23.3 Å². The van der Waals surface area contributed by atoms with Gasteiger partial charge in [-0.2, -0.15) is 0 Å². The van der Waals surface area contributed by atoms with E-state index in [1.54, 1.807) is 5.57 Å². The molecule has 0 radical (unpaired) electrons. The Hall–Kier alpha value is -0.520. The summed E-state index contributed by atoms with van der Waals surface area (Å²) >= 11 is 0. The minimum atomic E-state index is 0.443. The number of fused-ring (bicyclic) bond motifs is 1. The zero-order chi connectivity index (χ0) is 10.5. The smallest absolute Gasteiger partial charge is 0.00224 e. The van der Waals surface area contributed by atoms with Crippen LogP contribution in [0.5, 0.6) is 0 Å². The lowest BCUT2D eigenvalue weighted by molar-refractivity contribution is 0.233. The average molecular weight is 190 g/mol. The topological polar surface area (TPSA) is 0 Å². The van der Waals surface area contributed by atoms with Gasteiger partial charge >= 0.3 is 0 Å². The van der Waals surface area contributed by atoms with Gasteiger partial charge in [0.2, 0.25) is 0 Å². The molecule has 14 heavy (non-hydrogen) atoms. The van der Waals surface area contributed by atoms with E-state index in [-0.39, 0.29) is 0 Å². The maximum Gasteiger partial charge on any atom is -0.00224 e. The molecular weight excluding hydrogens is 168 g/mol. The molecular formula is C14H22. The molecule has 0 amide bonds. The van der Waals surface area contributed by atoms with Crippen LogP contribution in [0.25, 0.3) is 0 Å². The second-order valence-corrected chi connectivity index (χ2v) is 5.56. The van der Waals surface area contributed by atoms with Crippen molar-refractivity contribution in [1.29, 1.82) is 0 Å². The first-order valence-corrected chi connectivity index (χ1v) is 5.84. The van der Waals surface area contributed by atoms with Gasteiger partial charge in [0.25, 0.3) is 0 Å². The van der Waals surface area contributed by atoms with Crippen LogP contribution >= 0.6 is 0 Å². The van der Waals surface area contributed by atoms with Gasteiger partial charge in [0.15, 0.2) is 0 Å². The van der Waals surface area contributed by atoms with E-state index in [1.807, 2.05) is 0 Å². The minimum Gasteiger partial charge on any atom is -0.0803 e. The Morgan fingerprint density at radius 2 is 1.93 bits per heavy atom. The largest absolute Gasteiger partial charge is 0.0803 e. The van der Waals surface area contributed by atoms with Crippen molar-refractivity contribution in [1.82, 2.24) is 0 Å². The van der Waals surface area contributed by atoms with Crippen LogP contribution in [-0.4, -0.2) is 0 Å². The number of allylic oxidation sites excluding steroid dienone is 4. The van der Waals surface area contributed by atoms with Crippen molar-refractivity contribution < 1.29 is 0 Å². The van der Waals surface area contributed by atoms with Crippen molar-refractivity contribution in [2.24, 2.45) is 23.2 Å². The second-order valence-electron chi connectivity index (χ2n) is 5.56. The van der Waals surface area contributed by atoms with Gasteiger partial charge in [-0.15, -0.1) is 0 Å². The molecule has 78 valence electrons. The van der Waals surface area contributed by atoms with E-state index in [0.29, 0.717) is 5.41 Å². The molecule has 0 heteroatoms. The van der Waals surface area contributed by atoms with Crippen LogP contribution in [0.4, 0.5) is 0 Å². The minimum absolute atomic E-state index is 0.443. The van der Waals surface area contributed by atoms with E-state index >= 15 is 0 Å². The molecule has 0 N–H and O–H groups in total.